The van der Waals surface area contributed by atoms with Crippen molar-refractivity contribution in [2.75, 3.05) is 11.9 Å². The van der Waals surface area contributed by atoms with Crippen molar-refractivity contribution in [2.45, 2.75) is 19.3 Å². The van der Waals surface area contributed by atoms with Gasteiger partial charge in [0, 0.05) is 6.54 Å². The maximum absolute atomic E-state index is 11.3. The van der Waals surface area contributed by atoms with Crippen LogP contribution in [0.4, 0.5) is 5.95 Å². The van der Waals surface area contributed by atoms with Gasteiger partial charge in [0.05, 0.1) is 0 Å². The minimum atomic E-state index is -0.614. The van der Waals surface area contributed by atoms with E-state index in [1.165, 1.54) is 0 Å². The summed E-state index contributed by atoms with van der Waals surface area (Å²) in [7, 11) is 0. The lowest BCUT2D eigenvalue weighted by molar-refractivity contribution is 0.111. The van der Waals surface area contributed by atoms with Gasteiger partial charge in [-0.2, -0.15) is 9.97 Å². The van der Waals surface area contributed by atoms with Crippen LogP contribution in [0, 0.1) is 5.41 Å². The second kappa shape index (κ2) is 7.94. The zero-order valence-corrected chi connectivity index (χ0v) is 12.0. The first-order valence-electron chi connectivity index (χ1n) is 6.59. The van der Waals surface area contributed by atoms with Crippen LogP contribution in [0.15, 0.2) is 42.8 Å². The van der Waals surface area contributed by atoms with E-state index in [9.17, 15) is 9.59 Å². The third-order valence-electron chi connectivity index (χ3n) is 3.13. The van der Waals surface area contributed by atoms with Gasteiger partial charge in [-0.25, -0.2) is 4.79 Å². The predicted molar refractivity (Wildman–Crippen MR) is 83.4 cm³/mol. The van der Waals surface area contributed by atoms with Crippen molar-refractivity contribution in [1.82, 2.24) is 15.0 Å². The van der Waals surface area contributed by atoms with Gasteiger partial charge in [-0.05, 0) is 24.7 Å². The van der Waals surface area contributed by atoms with E-state index in [1.807, 2.05) is 18.2 Å². The quantitative estimate of drug-likeness (QED) is 0.508. The van der Waals surface area contributed by atoms with Crippen LogP contribution < -0.4 is 11.0 Å². The van der Waals surface area contributed by atoms with Crippen LogP contribution in [-0.2, 0) is 0 Å². The van der Waals surface area contributed by atoms with Gasteiger partial charge < -0.3 is 5.32 Å². The summed E-state index contributed by atoms with van der Waals surface area (Å²) in [6.07, 6.45) is 8.24. The number of aromatic nitrogens is 3. The highest BCUT2D eigenvalue weighted by molar-refractivity contribution is 5.68. The number of rotatable bonds is 10. The molecule has 0 aliphatic rings. The normalized spacial score (nSPS) is 10.7. The van der Waals surface area contributed by atoms with Gasteiger partial charge >= 0.3 is 5.69 Å². The smallest absolute Gasteiger partial charge is 0.349 e. The molecule has 6 heteroatoms. The number of hydrogen-bond donors (Lipinski definition) is 2. The average molecular weight is 288 g/mol. The van der Waals surface area contributed by atoms with Crippen LogP contribution in [0.3, 0.4) is 0 Å². The van der Waals surface area contributed by atoms with Crippen LogP contribution in [0.25, 0.3) is 0 Å². The molecule has 1 aromatic heterocycles. The van der Waals surface area contributed by atoms with Gasteiger partial charge in [-0.3, -0.25) is 9.78 Å². The van der Waals surface area contributed by atoms with Gasteiger partial charge in [0.15, 0.2) is 12.1 Å². The highest BCUT2D eigenvalue weighted by Gasteiger charge is 2.26. The van der Waals surface area contributed by atoms with Crippen molar-refractivity contribution in [3.8, 4) is 0 Å². The lowest BCUT2D eigenvalue weighted by Gasteiger charge is -2.31. The first-order chi connectivity index (χ1) is 10.1. The van der Waals surface area contributed by atoms with Crippen LogP contribution >= 0.6 is 0 Å². The second-order valence-electron chi connectivity index (χ2n) is 4.81. The standard InChI is InChI=1S/C15H20N4O2/c1-4-7-15(8-5-2,9-6-3)11-16-13-17-12(10-20)18-14(21)19-13/h4-6,10H,1-3,7-9,11H2,(H2,16,17,18,19,21). The van der Waals surface area contributed by atoms with E-state index in [0.717, 1.165) is 19.3 Å². The highest BCUT2D eigenvalue weighted by Crippen LogP contribution is 2.32. The number of nitrogens with one attached hydrogen (secondary N) is 2. The number of aldehydes is 1. The molecule has 0 aliphatic heterocycles. The van der Waals surface area contributed by atoms with Crippen LogP contribution in [0.5, 0.6) is 0 Å². The Hall–Kier alpha value is -2.50. The van der Waals surface area contributed by atoms with Gasteiger partial charge in [0.2, 0.25) is 5.95 Å². The molecule has 1 heterocycles. The predicted octanol–water partition coefficient (Wildman–Crippen LogP) is 2.10. The lowest BCUT2D eigenvalue weighted by Crippen LogP contribution is -2.30. The molecule has 0 radical (unpaired) electrons. The van der Waals surface area contributed by atoms with E-state index in [1.54, 1.807) is 0 Å². The van der Waals surface area contributed by atoms with Crippen LogP contribution in [0.2, 0.25) is 0 Å². The molecule has 0 unspecified atom stereocenters. The topological polar surface area (TPSA) is 87.7 Å². The van der Waals surface area contributed by atoms with E-state index in [0.29, 0.717) is 12.8 Å². The molecule has 2 N–H and O–H groups in total. The molecule has 0 atom stereocenters. The van der Waals surface area contributed by atoms with Crippen LogP contribution in [0.1, 0.15) is 29.9 Å². The molecule has 1 aromatic rings. The van der Waals surface area contributed by atoms with Gasteiger partial charge in [0.25, 0.3) is 0 Å². The molecule has 0 saturated heterocycles. The van der Waals surface area contributed by atoms with E-state index in [4.69, 9.17) is 0 Å². The minimum absolute atomic E-state index is 0.0562. The molecule has 112 valence electrons. The summed E-state index contributed by atoms with van der Waals surface area (Å²) < 4.78 is 0. The summed E-state index contributed by atoms with van der Waals surface area (Å²) in [4.78, 5) is 31.9. The molecule has 0 aromatic carbocycles. The Morgan fingerprint density at radius 1 is 1.10 bits per heavy atom. The first kappa shape index (κ1) is 16.6. The molecule has 0 fully saturated rings. The molecule has 0 spiro atoms. The lowest BCUT2D eigenvalue weighted by atomic mass is 9.78. The summed E-state index contributed by atoms with van der Waals surface area (Å²) in [5, 5.41) is 3.01. The van der Waals surface area contributed by atoms with Crippen molar-refractivity contribution < 1.29 is 4.79 Å². The second-order valence-corrected chi connectivity index (χ2v) is 4.81. The highest BCUT2D eigenvalue weighted by atomic mass is 16.1. The number of allylic oxidation sites excluding steroid dienone is 3. The number of H-pyrrole nitrogens is 1. The summed E-state index contributed by atoms with van der Waals surface area (Å²) in [6.45, 7) is 11.8. The number of aromatic amines is 1. The Morgan fingerprint density at radius 3 is 2.14 bits per heavy atom. The number of carbonyl (C=O) groups is 1. The number of hydrogen-bond acceptors (Lipinski definition) is 5. The Balaban J connectivity index is 2.94. The average Bonchev–Trinajstić information content (AvgIpc) is 2.45. The monoisotopic (exact) mass is 288 g/mol. The molecular weight excluding hydrogens is 268 g/mol. The fourth-order valence-electron chi connectivity index (χ4n) is 2.19. The molecule has 1 rings (SSSR count). The van der Waals surface area contributed by atoms with Gasteiger partial charge in [0.1, 0.15) is 0 Å². The number of nitrogens with zero attached hydrogens (tertiary/aromatic N) is 2. The summed E-state index contributed by atoms with van der Waals surface area (Å²) in [5.41, 5.74) is -0.769. The first-order valence-corrected chi connectivity index (χ1v) is 6.59. The molecule has 0 saturated carbocycles. The van der Waals surface area contributed by atoms with E-state index >= 15 is 0 Å². The van der Waals surface area contributed by atoms with Crippen molar-refractivity contribution in [3.05, 3.63) is 54.3 Å². The van der Waals surface area contributed by atoms with Crippen molar-refractivity contribution in [1.29, 1.82) is 0 Å². The Labute approximate surface area is 123 Å². The maximum atomic E-state index is 11.3. The SMILES string of the molecule is C=CCC(CC=C)(CC=C)CNc1nc(C=O)[nH]c(=O)n1. The van der Waals surface area contributed by atoms with Gasteiger partial charge in [-0.1, -0.05) is 18.2 Å². The Kier molecular flexibility index (Phi) is 6.26. The summed E-state index contributed by atoms with van der Waals surface area (Å²) in [5.74, 6) is 0.0710. The van der Waals surface area contributed by atoms with E-state index in [2.05, 4.69) is 40.0 Å². The summed E-state index contributed by atoms with van der Waals surface area (Å²) in [6, 6.07) is 0. The molecule has 0 amide bonds. The van der Waals surface area contributed by atoms with Crippen LogP contribution in [-0.4, -0.2) is 27.8 Å². The zero-order chi connectivity index (χ0) is 15.7. The van der Waals surface area contributed by atoms with E-state index < -0.39 is 5.69 Å². The summed E-state index contributed by atoms with van der Waals surface area (Å²) >= 11 is 0. The van der Waals surface area contributed by atoms with Crippen molar-refractivity contribution in [2.24, 2.45) is 5.41 Å². The fraction of sp³-hybridized carbons (Fsp3) is 0.333. The Bertz CT molecular complexity index is 551. The number of carbonyl (C=O) groups excluding carboxylic acids is 1. The molecule has 0 bridgehead atoms. The Morgan fingerprint density at radius 2 is 1.67 bits per heavy atom. The van der Waals surface area contributed by atoms with Crippen molar-refractivity contribution >= 4 is 12.2 Å². The number of anilines is 1. The van der Waals surface area contributed by atoms with E-state index in [-0.39, 0.29) is 17.2 Å². The fourth-order valence-corrected chi connectivity index (χ4v) is 2.19. The third-order valence-corrected chi connectivity index (χ3v) is 3.13. The maximum Gasteiger partial charge on any atom is 0.349 e. The van der Waals surface area contributed by atoms with Crippen molar-refractivity contribution in [3.63, 3.8) is 0 Å². The molecule has 21 heavy (non-hydrogen) atoms. The third kappa shape index (κ3) is 4.83. The van der Waals surface area contributed by atoms with Gasteiger partial charge in [-0.15, -0.1) is 19.7 Å². The molecular formula is C15H20N4O2. The minimum Gasteiger partial charge on any atom is -0.353 e. The largest absolute Gasteiger partial charge is 0.353 e. The zero-order valence-electron chi connectivity index (χ0n) is 12.0. The molecule has 0 aliphatic carbocycles. The molecule has 6 nitrogen and oxygen atoms in total.